The average molecular weight is 290 g/mol. The highest BCUT2D eigenvalue weighted by atomic mass is 32.1. The number of furan rings is 1. The van der Waals surface area contributed by atoms with Gasteiger partial charge in [-0.15, -0.1) is 22.7 Å². The Labute approximate surface area is 119 Å². The summed E-state index contributed by atoms with van der Waals surface area (Å²) in [5.74, 6) is 0.916. The van der Waals surface area contributed by atoms with Gasteiger partial charge in [-0.05, 0) is 32.0 Å². The van der Waals surface area contributed by atoms with Crippen LogP contribution in [0.25, 0.3) is 11.3 Å². The molecule has 0 aliphatic heterocycles. The van der Waals surface area contributed by atoms with Gasteiger partial charge in [-0.3, -0.25) is 0 Å². The van der Waals surface area contributed by atoms with Crippen LogP contribution in [0.2, 0.25) is 0 Å². The predicted molar refractivity (Wildman–Crippen MR) is 80.9 cm³/mol. The quantitative estimate of drug-likeness (QED) is 0.757. The van der Waals surface area contributed by atoms with E-state index in [0.29, 0.717) is 6.54 Å². The van der Waals surface area contributed by atoms with Crippen LogP contribution < -0.4 is 5.32 Å². The molecule has 19 heavy (non-hydrogen) atoms. The zero-order valence-electron chi connectivity index (χ0n) is 10.8. The van der Waals surface area contributed by atoms with Crippen molar-refractivity contribution in [1.82, 2.24) is 4.98 Å². The van der Waals surface area contributed by atoms with Gasteiger partial charge in [0.1, 0.15) is 5.76 Å². The monoisotopic (exact) mass is 290 g/mol. The first-order valence-electron chi connectivity index (χ1n) is 6.01. The summed E-state index contributed by atoms with van der Waals surface area (Å²) < 4.78 is 5.29. The van der Waals surface area contributed by atoms with E-state index in [4.69, 9.17) is 4.42 Å². The molecular weight excluding hydrogens is 276 g/mol. The average Bonchev–Trinajstić information content (AvgIpc) is 3.08. The molecule has 0 aromatic carbocycles. The van der Waals surface area contributed by atoms with E-state index in [1.165, 1.54) is 15.3 Å². The highest BCUT2D eigenvalue weighted by Crippen LogP contribution is 2.32. The van der Waals surface area contributed by atoms with E-state index in [9.17, 15) is 0 Å². The van der Waals surface area contributed by atoms with Crippen molar-refractivity contribution in [3.05, 3.63) is 45.4 Å². The third-order valence-corrected chi connectivity index (χ3v) is 4.58. The van der Waals surface area contributed by atoms with Crippen LogP contribution in [0.3, 0.4) is 0 Å². The molecule has 3 rings (SSSR count). The van der Waals surface area contributed by atoms with Crippen LogP contribution in [-0.2, 0) is 6.54 Å². The molecule has 3 aromatic rings. The lowest BCUT2D eigenvalue weighted by Crippen LogP contribution is -1.97. The van der Waals surface area contributed by atoms with Gasteiger partial charge in [-0.1, -0.05) is 0 Å². The van der Waals surface area contributed by atoms with Crippen LogP contribution in [0.5, 0.6) is 0 Å². The third-order valence-electron chi connectivity index (χ3n) is 2.82. The van der Waals surface area contributed by atoms with Crippen LogP contribution in [0, 0.1) is 13.8 Å². The normalized spacial score (nSPS) is 10.8. The van der Waals surface area contributed by atoms with Gasteiger partial charge in [0.15, 0.2) is 5.13 Å². The second-order valence-electron chi connectivity index (χ2n) is 4.30. The fourth-order valence-corrected chi connectivity index (χ4v) is 3.58. The summed E-state index contributed by atoms with van der Waals surface area (Å²) in [4.78, 5) is 7.27. The molecule has 0 fully saturated rings. The Morgan fingerprint density at radius 2 is 2.26 bits per heavy atom. The van der Waals surface area contributed by atoms with E-state index in [1.54, 1.807) is 17.6 Å². The zero-order chi connectivity index (χ0) is 13.2. The lowest BCUT2D eigenvalue weighted by Gasteiger charge is -1.98. The van der Waals surface area contributed by atoms with E-state index in [1.807, 2.05) is 23.5 Å². The summed E-state index contributed by atoms with van der Waals surface area (Å²) >= 11 is 3.44. The Morgan fingerprint density at radius 1 is 1.37 bits per heavy atom. The number of nitrogens with one attached hydrogen (secondary N) is 1. The van der Waals surface area contributed by atoms with Crippen molar-refractivity contribution in [3.8, 4) is 11.3 Å². The Morgan fingerprint density at radius 3 is 2.95 bits per heavy atom. The number of aromatic nitrogens is 1. The Kier molecular flexibility index (Phi) is 3.40. The molecular formula is C14H14N2OS2. The van der Waals surface area contributed by atoms with E-state index >= 15 is 0 Å². The van der Waals surface area contributed by atoms with Crippen LogP contribution in [-0.4, -0.2) is 4.98 Å². The third kappa shape index (κ3) is 2.72. The molecule has 0 amide bonds. The number of hydrogen-bond donors (Lipinski definition) is 1. The lowest BCUT2D eigenvalue weighted by molar-refractivity contribution is 0.518. The molecule has 5 heteroatoms. The minimum absolute atomic E-state index is 0.668. The van der Waals surface area contributed by atoms with Gasteiger partial charge >= 0.3 is 0 Å². The molecule has 0 aliphatic rings. The minimum atomic E-state index is 0.668. The number of thiazole rings is 1. The van der Waals surface area contributed by atoms with E-state index in [0.717, 1.165) is 16.6 Å². The number of aryl methyl sites for hydroxylation is 2. The Bertz CT molecular complexity index is 668. The summed E-state index contributed by atoms with van der Waals surface area (Å²) in [6.45, 7) is 4.94. The number of nitrogens with zero attached hydrogens (tertiary/aromatic N) is 1. The molecule has 0 radical (unpaired) electrons. The lowest BCUT2D eigenvalue weighted by atomic mass is 10.2. The molecule has 1 N–H and O–H groups in total. The number of rotatable bonds is 4. The van der Waals surface area contributed by atoms with E-state index in [-0.39, 0.29) is 0 Å². The van der Waals surface area contributed by atoms with Crippen molar-refractivity contribution < 1.29 is 4.42 Å². The van der Waals surface area contributed by atoms with E-state index in [2.05, 4.69) is 35.6 Å². The smallest absolute Gasteiger partial charge is 0.183 e. The predicted octanol–water partition coefficient (Wildman–Crippen LogP) is 4.69. The first kappa shape index (κ1) is 12.4. The summed E-state index contributed by atoms with van der Waals surface area (Å²) in [6.07, 6.45) is 1.68. The molecule has 3 heterocycles. The molecule has 0 bridgehead atoms. The van der Waals surface area contributed by atoms with Crippen LogP contribution in [0.15, 0.2) is 34.3 Å². The summed E-state index contributed by atoms with van der Waals surface area (Å²) in [5.41, 5.74) is 2.29. The molecule has 0 atom stereocenters. The Hall–Kier alpha value is -1.59. The summed E-state index contributed by atoms with van der Waals surface area (Å²) in [5, 5.41) is 6.30. The Balaban J connectivity index is 1.74. The SMILES string of the molecule is Cc1cc(-c2csc(NCc3ccco3)n2)c(C)s1. The van der Waals surface area contributed by atoms with Crippen LogP contribution in [0.4, 0.5) is 5.13 Å². The number of thiophene rings is 1. The second-order valence-corrected chi connectivity index (χ2v) is 6.62. The van der Waals surface area contributed by atoms with Crippen molar-refractivity contribution >= 4 is 27.8 Å². The number of anilines is 1. The van der Waals surface area contributed by atoms with Gasteiger partial charge in [0.05, 0.1) is 18.5 Å². The summed E-state index contributed by atoms with van der Waals surface area (Å²) in [6, 6.07) is 6.04. The zero-order valence-corrected chi connectivity index (χ0v) is 12.4. The van der Waals surface area contributed by atoms with Gasteiger partial charge in [0.25, 0.3) is 0 Å². The standard InChI is InChI=1S/C14H14N2OS2/c1-9-6-12(10(2)19-9)13-8-18-14(16-13)15-7-11-4-3-5-17-11/h3-6,8H,7H2,1-2H3,(H,15,16). The molecule has 0 saturated carbocycles. The molecule has 0 spiro atoms. The minimum Gasteiger partial charge on any atom is -0.467 e. The fraction of sp³-hybridized carbons (Fsp3) is 0.214. The maximum absolute atomic E-state index is 5.29. The first-order valence-corrected chi connectivity index (χ1v) is 7.71. The van der Waals surface area contributed by atoms with Crippen LogP contribution in [0.1, 0.15) is 15.5 Å². The molecule has 98 valence electrons. The second kappa shape index (κ2) is 5.19. The van der Waals surface area contributed by atoms with Gasteiger partial charge in [-0.2, -0.15) is 0 Å². The van der Waals surface area contributed by atoms with Gasteiger partial charge in [-0.25, -0.2) is 4.98 Å². The van der Waals surface area contributed by atoms with Crippen molar-refractivity contribution in [2.24, 2.45) is 0 Å². The maximum Gasteiger partial charge on any atom is 0.183 e. The fourth-order valence-electron chi connectivity index (χ4n) is 1.94. The first-order chi connectivity index (χ1) is 9.22. The molecule has 0 saturated heterocycles. The van der Waals surface area contributed by atoms with Crippen molar-refractivity contribution in [3.63, 3.8) is 0 Å². The van der Waals surface area contributed by atoms with Crippen LogP contribution >= 0.6 is 22.7 Å². The van der Waals surface area contributed by atoms with Gasteiger partial charge in [0.2, 0.25) is 0 Å². The van der Waals surface area contributed by atoms with Crippen molar-refractivity contribution in [1.29, 1.82) is 0 Å². The number of hydrogen-bond acceptors (Lipinski definition) is 5. The molecule has 3 nitrogen and oxygen atoms in total. The summed E-state index contributed by atoms with van der Waals surface area (Å²) in [7, 11) is 0. The molecule has 3 aromatic heterocycles. The largest absolute Gasteiger partial charge is 0.467 e. The molecule has 0 aliphatic carbocycles. The maximum atomic E-state index is 5.29. The van der Waals surface area contributed by atoms with E-state index < -0.39 is 0 Å². The highest BCUT2D eigenvalue weighted by Gasteiger charge is 2.09. The topological polar surface area (TPSA) is 38.1 Å². The van der Waals surface area contributed by atoms with Gasteiger partial charge in [0, 0.05) is 20.7 Å². The van der Waals surface area contributed by atoms with Gasteiger partial charge < -0.3 is 9.73 Å². The highest BCUT2D eigenvalue weighted by molar-refractivity contribution is 7.14. The van der Waals surface area contributed by atoms with Crippen molar-refractivity contribution in [2.75, 3.05) is 5.32 Å². The van der Waals surface area contributed by atoms with Crippen molar-refractivity contribution in [2.45, 2.75) is 20.4 Å². The molecule has 0 unspecified atom stereocenters.